The molecular formula is C27H22O4. The minimum atomic E-state index is -0.518. The number of aryl methyl sites for hydroxylation is 1. The van der Waals surface area contributed by atoms with Crippen molar-refractivity contribution in [3.63, 3.8) is 0 Å². The van der Waals surface area contributed by atoms with Crippen molar-refractivity contribution in [2.24, 2.45) is 0 Å². The number of esters is 1. The number of carbonyl (C=O) groups is 2. The standard InChI is InChI=1S/C27H22O4/c1-18-7-9-19(10-8-18)24-5-3-4-6-25(24)27(29)31-17-26(28)22-12-11-21-16-23(30-2)14-13-20(21)15-22/h3-16H,17H2,1-2H3. The van der Waals surface area contributed by atoms with Gasteiger partial charge in [0, 0.05) is 5.56 Å². The summed E-state index contributed by atoms with van der Waals surface area (Å²) in [5.74, 6) is -0.0123. The Morgan fingerprint density at radius 1 is 0.806 bits per heavy atom. The molecular weight excluding hydrogens is 388 g/mol. The number of fused-ring (bicyclic) bond motifs is 1. The molecule has 4 rings (SSSR count). The zero-order valence-corrected chi connectivity index (χ0v) is 17.4. The summed E-state index contributed by atoms with van der Waals surface area (Å²) < 4.78 is 10.6. The Bertz CT molecular complexity index is 1260. The second kappa shape index (κ2) is 8.84. The van der Waals surface area contributed by atoms with E-state index in [0.29, 0.717) is 11.1 Å². The maximum atomic E-state index is 12.7. The molecule has 0 aliphatic heterocycles. The highest BCUT2D eigenvalue weighted by Gasteiger charge is 2.16. The van der Waals surface area contributed by atoms with Crippen LogP contribution in [0.15, 0.2) is 84.9 Å². The average Bonchev–Trinajstić information content (AvgIpc) is 2.82. The fraction of sp³-hybridized carbons (Fsp3) is 0.111. The van der Waals surface area contributed by atoms with Crippen molar-refractivity contribution in [2.75, 3.05) is 13.7 Å². The van der Waals surface area contributed by atoms with Crippen LogP contribution < -0.4 is 4.74 Å². The zero-order chi connectivity index (χ0) is 21.8. The van der Waals surface area contributed by atoms with Crippen LogP contribution in [0.5, 0.6) is 5.75 Å². The van der Waals surface area contributed by atoms with E-state index in [1.54, 1.807) is 31.4 Å². The maximum absolute atomic E-state index is 12.7. The fourth-order valence-electron chi connectivity index (χ4n) is 3.46. The summed E-state index contributed by atoms with van der Waals surface area (Å²) in [7, 11) is 1.62. The molecule has 0 amide bonds. The highest BCUT2D eigenvalue weighted by molar-refractivity contribution is 6.03. The Morgan fingerprint density at radius 2 is 1.52 bits per heavy atom. The van der Waals surface area contributed by atoms with Gasteiger partial charge in [-0.05, 0) is 53.1 Å². The summed E-state index contributed by atoms with van der Waals surface area (Å²) in [5, 5.41) is 1.89. The van der Waals surface area contributed by atoms with Gasteiger partial charge in [-0.3, -0.25) is 4.79 Å². The van der Waals surface area contributed by atoms with Gasteiger partial charge >= 0.3 is 5.97 Å². The monoisotopic (exact) mass is 410 g/mol. The van der Waals surface area contributed by atoms with Crippen molar-refractivity contribution >= 4 is 22.5 Å². The smallest absolute Gasteiger partial charge is 0.339 e. The van der Waals surface area contributed by atoms with E-state index in [-0.39, 0.29) is 12.4 Å². The number of ether oxygens (including phenoxy) is 2. The number of hydrogen-bond acceptors (Lipinski definition) is 4. The van der Waals surface area contributed by atoms with Gasteiger partial charge in [0.05, 0.1) is 12.7 Å². The van der Waals surface area contributed by atoms with E-state index in [1.807, 2.05) is 67.6 Å². The minimum absolute atomic E-state index is 0.251. The summed E-state index contributed by atoms with van der Waals surface area (Å²) >= 11 is 0. The Kier molecular flexibility index (Phi) is 5.80. The third-order valence-electron chi connectivity index (χ3n) is 5.21. The van der Waals surface area contributed by atoms with Crippen LogP contribution in [0.2, 0.25) is 0 Å². The molecule has 0 N–H and O–H groups in total. The van der Waals surface area contributed by atoms with Gasteiger partial charge in [0.1, 0.15) is 5.75 Å². The van der Waals surface area contributed by atoms with Crippen LogP contribution in [-0.4, -0.2) is 25.5 Å². The summed E-state index contributed by atoms with van der Waals surface area (Å²) in [4.78, 5) is 25.4. The predicted molar refractivity (Wildman–Crippen MR) is 122 cm³/mol. The number of ketones is 1. The third-order valence-corrected chi connectivity index (χ3v) is 5.21. The van der Waals surface area contributed by atoms with E-state index in [9.17, 15) is 9.59 Å². The highest BCUT2D eigenvalue weighted by atomic mass is 16.5. The Hall–Kier alpha value is -3.92. The normalized spacial score (nSPS) is 10.6. The van der Waals surface area contributed by atoms with Gasteiger partial charge in [-0.2, -0.15) is 0 Å². The molecule has 4 nitrogen and oxygen atoms in total. The number of carbonyl (C=O) groups excluding carboxylic acids is 2. The van der Waals surface area contributed by atoms with Crippen molar-refractivity contribution in [1.82, 2.24) is 0 Å². The largest absolute Gasteiger partial charge is 0.497 e. The van der Waals surface area contributed by atoms with Crippen molar-refractivity contribution < 1.29 is 19.1 Å². The lowest BCUT2D eigenvalue weighted by molar-refractivity contribution is 0.0475. The summed E-state index contributed by atoms with van der Waals surface area (Å²) in [6.45, 7) is 1.70. The van der Waals surface area contributed by atoms with E-state index in [1.165, 1.54) is 0 Å². The van der Waals surface area contributed by atoms with Crippen LogP contribution in [0.4, 0.5) is 0 Å². The van der Waals surface area contributed by atoms with Gasteiger partial charge in [-0.15, -0.1) is 0 Å². The maximum Gasteiger partial charge on any atom is 0.339 e. The Balaban J connectivity index is 1.49. The molecule has 4 aromatic carbocycles. The van der Waals surface area contributed by atoms with E-state index < -0.39 is 5.97 Å². The van der Waals surface area contributed by atoms with Gasteiger partial charge in [0.15, 0.2) is 12.4 Å². The molecule has 0 unspecified atom stereocenters. The van der Waals surface area contributed by atoms with Gasteiger partial charge in [-0.25, -0.2) is 4.79 Å². The molecule has 0 saturated heterocycles. The fourth-order valence-corrected chi connectivity index (χ4v) is 3.46. The molecule has 0 atom stereocenters. The van der Waals surface area contributed by atoms with Crippen molar-refractivity contribution in [1.29, 1.82) is 0 Å². The lowest BCUT2D eigenvalue weighted by Gasteiger charge is -2.10. The number of benzene rings is 4. The lowest BCUT2D eigenvalue weighted by Crippen LogP contribution is -2.15. The molecule has 0 heterocycles. The predicted octanol–water partition coefficient (Wildman–Crippen LogP) is 5.86. The Morgan fingerprint density at radius 3 is 2.29 bits per heavy atom. The van der Waals surface area contributed by atoms with E-state index in [0.717, 1.165) is 33.2 Å². The van der Waals surface area contributed by atoms with Crippen LogP contribution in [0.1, 0.15) is 26.3 Å². The average molecular weight is 410 g/mol. The lowest BCUT2D eigenvalue weighted by atomic mass is 9.99. The second-order valence-electron chi connectivity index (χ2n) is 7.34. The molecule has 0 aliphatic rings. The SMILES string of the molecule is COc1ccc2cc(C(=O)COC(=O)c3ccccc3-c3ccc(C)cc3)ccc2c1. The number of hydrogen-bond donors (Lipinski definition) is 0. The van der Waals surface area contributed by atoms with Gasteiger partial charge in [0.2, 0.25) is 0 Å². The van der Waals surface area contributed by atoms with Crippen molar-refractivity contribution in [2.45, 2.75) is 6.92 Å². The third kappa shape index (κ3) is 4.48. The van der Waals surface area contributed by atoms with Crippen LogP contribution in [-0.2, 0) is 4.74 Å². The first-order valence-electron chi connectivity index (χ1n) is 9.99. The molecule has 154 valence electrons. The van der Waals surface area contributed by atoms with Crippen LogP contribution in [0, 0.1) is 6.92 Å². The van der Waals surface area contributed by atoms with Crippen LogP contribution >= 0.6 is 0 Å². The number of rotatable bonds is 6. The summed E-state index contributed by atoms with van der Waals surface area (Å²) in [5.41, 5.74) is 3.78. The van der Waals surface area contributed by atoms with Gasteiger partial charge in [-0.1, -0.05) is 66.2 Å². The molecule has 0 radical (unpaired) electrons. The summed E-state index contributed by atoms with van der Waals surface area (Å²) in [6, 6.07) is 26.2. The van der Waals surface area contributed by atoms with Crippen LogP contribution in [0.25, 0.3) is 21.9 Å². The Labute approximate surface area is 181 Å². The van der Waals surface area contributed by atoms with Crippen LogP contribution in [0.3, 0.4) is 0 Å². The van der Waals surface area contributed by atoms with Gasteiger partial charge < -0.3 is 9.47 Å². The molecule has 0 bridgehead atoms. The molecule has 0 saturated carbocycles. The second-order valence-corrected chi connectivity index (χ2v) is 7.34. The molecule has 0 aromatic heterocycles. The molecule has 0 aliphatic carbocycles. The molecule has 31 heavy (non-hydrogen) atoms. The first-order valence-corrected chi connectivity index (χ1v) is 9.99. The van der Waals surface area contributed by atoms with Crippen molar-refractivity contribution in [3.8, 4) is 16.9 Å². The number of methoxy groups -OCH3 is 1. The quantitative estimate of drug-likeness (QED) is 0.295. The first-order chi connectivity index (χ1) is 15.0. The van der Waals surface area contributed by atoms with Gasteiger partial charge in [0.25, 0.3) is 0 Å². The molecule has 0 fully saturated rings. The molecule has 4 aromatic rings. The minimum Gasteiger partial charge on any atom is -0.497 e. The number of Topliss-reactive ketones (excluding diaryl/α,β-unsaturated/α-hetero) is 1. The summed E-state index contributed by atoms with van der Waals surface area (Å²) in [6.07, 6.45) is 0. The van der Waals surface area contributed by atoms with E-state index in [4.69, 9.17) is 9.47 Å². The molecule has 0 spiro atoms. The van der Waals surface area contributed by atoms with E-state index in [2.05, 4.69) is 0 Å². The first kappa shape index (κ1) is 20.4. The topological polar surface area (TPSA) is 52.6 Å². The molecule has 4 heteroatoms. The highest BCUT2D eigenvalue weighted by Crippen LogP contribution is 2.25. The zero-order valence-electron chi connectivity index (χ0n) is 17.4. The van der Waals surface area contributed by atoms with Crippen molar-refractivity contribution in [3.05, 3.63) is 102 Å². The van der Waals surface area contributed by atoms with E-state index >= 15 is 0 Å².